The fourth-order valence-corrected chi connectivity index (χ4v) is 3.15. The first-order valence-corrected chi connectivity index (χ1v) is 9.60. The molecule has 10 heteroatoms. The smallest absolute Gasteiger partial charge is 0.316 e. The largest absolute Gasteiger partial charge is 0.383 e. The van der Waals surface area contributed by atoms with Crippen LogP contribution in [0.15, 0.2) is 53.2 Å². The van der Waals surface area contributed by atoms with E-state index in [2.05, 4.69) is 20.4 Å². The summed E-state index contributed by atoms with van der Waals surface area (Å²) in [4.78, 5) is 34.0. The Morgan fingerprint density at radius 2 is 1.91 bits per heavy atom. The second-order valence-corrected chi connectivity index (χ2v) is 7.23. The molecule has 0 saturated carbocycles. The fourth-order valence-electron chi connectivity index (χ4n) is 3.15. The lowest BCUT2D eigenvalue weighted by molar-refractivity contribution is 0.0778. The van der Waals surface area contributed by atoms with Gasteiger partial charge in [-0.2, -0.15) is 4.98 Å². The highest BCUT2D eigenvalue weighted by Crippen LogP contribution is 2.29. The molecule has 0 unspecified atom stereocenters. The van der Waals surface area contributed by atoms with E-state index in [1.807, 2.05) is 0 Å². The lowest BCUT2D eigenvalue weighted by Crippen LogP contribution is -2.24. The molecule has 0 bridgehead atoms. The van der Waals surface area contributed by atoms with Gasteiger partial charge in [-0.25, -0.2) is 9.37 Å². The number of benzene rings is 2. The number of nitrogens with zero attached hydrogens (tertiary/aromatic N) is 4. The highest BCUT2D eigenvalue weighted by atomic mass is 19.1. The van der Waals surface area contributed by atoms with Crippen LogP contribution in [0, 0.1) is 5.82 Å². The van der Waals surface area contributed by atoms with Crippen LogP contribution in [0.3, 0.4) is 0 Å². The molecule has 0 saturated heterocycles. The Morgan fingerprint density at radius 1 is 1.12 bits per heavy atom. The van der Waals surface area contributed by atoms with Crippen molar-refractivity contribution in [3.8, 4) is 11.1 Å². The van der Waals surface area contributed by atoms with Gasteiger partial charge in [0.25, 0.3) is 5.91 Å². The predicted octanol–water partition coefficient (Wildman–Crippen LogP) is 2.64. The Bertz CT molecular complexity index is 1330. The minimum Gasteiger partial charge on any atom is -0.383 e. The molecule has 4 aromatic rings. The fraction of sp³-hybridized carbons (Fsp3) is 0.136. The van der Waals surface area contributed by atoms with E-state index in [-0.39, 0.29) is 29.9 Å². The zero-order valence-electron chi connectivity index (χ0n) is 17.3. The molecule has 0 radical (unpaired) electrons. The van der Waals surface area contributed by atoms with E-state index in [1.54, 1.807) is 44.4 Å². The molecule has 0 atom stereocenters. The Morgan fingerprint density at radius 3 is 2.66 bits per heavy atom. The number of halogens is 1. The van der Waals surface area contributed by atoms with Gasteiger partial charge < -0.3 is 20.5 Å². The third-order valence-corrected chi connectivity index (χ3v) is 4.79. The average molecular weight is 434 g/mol. The van der Waals surface area contributed by atoms with Crippen LogP contribution >= 0.6 is 0 Å². The van der Waals surface area contributed by atoms with Crippen molar-refractivity contribution in [2.75, 3.05) is 19.8 Å². The predicted molar refractivity (Wildman–Crippen MR) is 115 cm³/mol. The lowest BCUT2D eigenvalue weighted by Gasteiger charge is -2.10. The van der Waals surface area contributed by atoms with Gasteiger partial charge in [0.2, 0.25) is 0 Å². The molecule has 0 aliphatic rings. The molecule has 0 fully saturated rings. The van der Waals surface area contributed by atoms with Crippen LogP contribution in [0.25, 0.3) is 21.9 Å². The van der Waals surface area contributed by atoms with Gasteiger partial charge in [-0.3, -0.25) is 9.59 Å². The van der Waals surface area contributed by atoms with E-state index in [1.165, 1.54) is 23.2 Å². The van der Waals surface area contributed by atoms with Crippen LogP contribution in [0.4, 0.5) is 10.2 Å². The van der Waals surface area contributed by atoms with Crippen molar-refractivity contribution in [1.29, 1.82) is 0 Å². The van der Waals surface area contributed by atoms with Crippen LogP contribution in [-0.2, 0) is 6.54 Å². The number of nitrogens with one attached hydrogen (secondary N) is 1. The molecule has 2 amide bonds. The number of aromatic nitrogens is 3. The summed E-state index contributed by atoms with van der Waals surface area (Å²) in [5, 5.41) is 7.54. The molecule has 9 nitrogen and oxygen atoms in total. The standard InChI is InChI=1S/C22H19FN6O3/c1-29(2)22(31)21-27-18(28-32-21)11-26-20(30)17-10-25-19(24)16-9-13(6-7-15(16)17)12-4-3-5-14(23)8-12/h3-10H,11H2,1-2H3,(H2,24,25)(H,26,30). The molecule has 0 spiro atoms. The van der Waals surface area contributed by atoms with Crippen molar-refractivity contribution in [2.45, 2.75) is 6.54 Å². The molecule has 32 heavy (non-hydrogen) atoms. The van der Waals surface area contributed by atoms with Gasteiger partial charge in [-0.05, 0) is 34.7 Å². The summed E-state index contributed by atoms with van der Waals surface area (Å²) in [6.07, 6.45) is 1.38. The van der Waals surface area contributed by atoms with Gasteiger partial charge >= 0.3 is 11.8 Å². The molecule has 2 aromatic carbocycles. The summed E-state index contributed by atoms with van der Waals surface area (Å²) in [6, 6.07) is 11.5. The van der Waals surface area contributed by atoms with E-state index < -0.39 is 11.8 Å². The van der Waals surface area contributed by atoms with Crippen LogP contribution in [0.1, 0.15) is 26.9 Å². The van der Waals surface area contributed by atoms with Crippen molar-refractivity contribution in [1.82, 2.24) is 25.3 Å². The second kappa shape index (κ2) is 8.42. The number of rotatable bonds is 5. The van der Waals surface area contributed by atoms with E-state index in [4.69, 9.17) is 10.3 Å². The molecule has 162 valence electrons. The first-order chi connectivity index (χ1) is 15.3. The van der Waals surface area contributed by atoms with Gasteiger partial charge in [-0.15, -0.1) is 0 Å². The number of nitrogen functional groups attached to an aromatic ring is 1. The number of hydrogen-bond donors (Lipinski definition) is 2. The minimum atomic E-state index is -0.432. The Balaban J connectivity index is 1.58. The first kappa shape index (κ1) is 20.9. The number of hydrogen-bond acceptors (Lipinski definition) is 7. The van der Waals surface area contributed by atoms with E-state index in [0.29, 0.717) is 21.9 Å². The van der Waals surface area contributed by atoms with Crippen molar-refractivity contribution in [3.05, 3.63) is 71.8 Å². The lowest BCUT2D eigenvalue weighted by atomic mass is 9.99. The quantitative estimate of drug-likeness (QED) is 0.494. The number of carbonyl (C=O) groups is 2. The maximum Gasteiger partial charge on any atom is 0.316 e. The average Bonchev–Trinajstić information content (AvgIpc) is 3.26. The minimum absolute atomic E-state index is 0.0453. The summed E-state index contributed by atoms with van der Waals surface area (Å²) >= 11 is 0. The van der Waals surface area contributed by atoms with Crippen LogP contribution in [0.2, 0.25) is 0 Å². The molecule has 0 aliphatic heterocycles. The monoisotopic (exact) mass is 434 g/mol. The molecule has 2 aromatic heterocycles. The van der Waals surface area contributed by atoms with Crippen molar-refractivity contribution in [2.24, 2.45) is 0 Å². The topological polar surface area (TPSA) is 127 Å². The highest BCUT2D eigenvalue weighted by molar-refractivity contribution is 6.09. The van der Waals surface area contributed by atoms with Gasteiger partial charge in [0.15, 0.2) is 5.82 Å². The summed E-state index contributed by atoms with van der Waals surface area (Å²) < 4.78 is 18.5. The highest BCUT2D eigenvalue weighted by Gasteiger charge is 2.18. The van der Waals surface area contributed by atoms with Crippen LogP contribution in [0.5, 0.6) is 0 Å². The first-order valence-electron chi connectivity index (χ1n) is 9.60. The van der Waals surface area contributed by atoms with Crippen molar-refractivity contribution < 1.29 is 18.5 Å². The third kappa shape index (κ3) is 4.10. The van der Waals surface area contributed by atoms with Gasteiger partial charge in [0, 0.05) is 25.7 Å². The molecule has 3 N–H and O–H groups in total. The molecule has 2 heterocycles. The molecule has 4 rings (SSSR count). The van der Waals surface area contributed by atoms with Gasteiger partial charge in [0.05, 0.1) is 12.1 Å². The Labute approximate surface area is 182 Å². The third-order valence-electron chi connectivity index (χ3n) is 4.79. The van der Waals surface area contributed by atoms with Crippen molar-refractivity contribution in [3.63, 3.8) is 0 Å². The second-order valence-electron chi connectivity index (χ2n) is 7.23. The maximum absolute atomic E-state index is 13.6. The normalized spacial score (nSPS) is 10.8. The summed E-state index contributed by atoms with van der Waals surface area (Å²) in [5.74, 6) is -0.962. The summed E-state index contributed by atoms with van der Waals surface area (Å²) in [6.45, 7) is -0.0453. The summed E-state index contributed by atoms with van der Waals surface area (Å²) in [5.41, 5.74) is 7.76. The number of fused-ring (bicyclic) bond motifs is 1. The Kier molecular flexibility index (Phi) is 5.50. The number of anilines is 1. The number of carbonyl (C=O) groups excluding carboxylic acids is 2. The van der Waals surface area contributed by atoms with E-state index >= 15 is 0 Å². The SMILES string of the molecule is CN(C)C(=O)c1nc(CNC(=O)c2cnc(N)c3cc(-c4cccc(F)c4)ccc23)no1. The van der Waals surface area contributed by atoms with Crippen LogP contribution in [-0.4, -0.2) is 45.9 Å². The van der Waals surface area contributed by atoms with E-state index in [9.17, 15) is 14.0 Å². The molecular formula is C22H19FN6O3. The van der Waals surface area contributed by atoms with Gasteiger partial charge in [-0.1, -0.05) is 29.4 Å². The van der Waals surface area contributed by atoms with Gasteiger partial charge in [0.1, 0.15) is 11.6 Å². The molecule has 0 aliphatic carbocycles. The summed E-state index contributed by atoms with van der Waals surface area (Å²) in [7, 11) is 3.12. The number of nitrogens with two attached hydrogens (primary N) is 1. The zero-order valence-corrected chi connectivity index (χ0v) is 17.3. The maximum atomic E-state index is 13.6. The molecular weight excluding hydrogens is 415 g/mol. The van der Waals surface area contributed by atoms with Crippen molar-refractivity contribution >= 4 is 28.4 Å². The Hall–Kier alpha value is -4.34. The number of amides is 2. The zero-order chi connectivity index (χ0) is 22.8. The number of pyridine rings is 1. The van der Waals surface area contributed by atoms with Crippen LogP contribution < -0.4 is 11.1 Å². The van der Waals surface area contributed by atoms with E-state index in [0.717, 1.165) is 5.56 Å².